The van der Waals surface area contributed by atoms with Crippen LogP contribution < -0.4 is 5.32 Å². The van der Waals surface area contributed by atoms with E-state index in [2.05, 4.69) is 16.8 Å². The lowest BCUT2D eigenvalue weighted by molar-refractivity contribution is -0.138. The molecule has 1 N–H and O–H groups in total. The number of hydrogen-bond donors (Lipinski definition) is 1. The highest BCUT2D eigenvalue weighted by Crippen LogP contribution is 2.31. The maximum absolute atomic E-state index is 13.4. The predicted molar refractivity (Wildman–Crippen MR) is 115 cm³/mol. The highest BCUT2D eigenvalue weighted by Gasteiger charge is 2.36. The van der Waals surface area contributed by atoms with Crippen LogP contribution in [0.3, 0.4) is 0 Å². The molecule has 30 heavy (non-hydrogen) atoms. The molecule has 1 saturated heterocycles. The van der Waals surface area contributed by atoms with E-state index in [0.717, 1.165) is 57.9 Å². The van der Waals surface area contributed by atoms with Gasteiger partial charge in [-0.1, -0.05) is 38.0 Å². The van der Waals surface area contributed by atoms with Gasteiger partial charge in [-0.3, -0.25) is 9.69 Å². The summed E-state index contributed by atoms with van der Waals surface area (Å²) < 4.78 is 38.6. The van der Waals surface area contributed by atoms with Gasteiger partial charge in [-0.05, 0) is 43.8 Å². The molecule has 2 aliphatic rings. The summed E-state index contributed by atoms with van der Waals surface area (Å²) in [6.45, 7) is 8.76. The lowest BCUT2D eigenvalue weighted by Crippen LogP contribution is -2.57. The second kappa shape index (κ2) is 11.7. The molecule has 0 bridgehead atoms. The van der Waals surface area contributed by atoms with Crippen LogP contribution in [0.15, 0.2) is 36.0 Å². The van der Waals surface area contributed by atoms with Crippen molar-refractivity contribution in [3.8, 4) is 0 Å². The van der Waals surface area contributed by atoms with Crippen LogP contribution >= 0.6 is 0 Å². The average molecular weight is 428 g/mol. The number of piperazine rings is 1. The van der Waals surface area contributed by atoms with Gasteiger partial charge in [-0.15, -0.1) is 0 Å². The van der Waals surface area contributed by atoms with Crippen molar-refractivity contribution >= 4 is 5.91 Å². The van der Waals surface area contributed by atoms with Crippen LogP contribution in [0.2, 0.25) is 0 Å². The molecule has 0 aromatic carbocycles. The molecule has 0 aromatic heterocycles. The number of alkyl halides is 3. The van der Waals surface area contributed by atoms with Crippen LogP contribution in [0.1, 0.15) is 45.4 Å². The molecule has 1 unspecified atom stereocenters. The molecule has 170 valence electrons. The summed E-state index contributed by atoms with van der Waals surface area (Å²) in [5.41, 5.74) is -0.346. The van der Waals surface area contributed by atoms with E-state index in [0.29, 0.717) is 24.5 Å². The van der Waals surface area contributed by atoms with E-state index in [-0.39, 0.29) is 11.9 Å². The number of hydrogen-bond acceptors (Lipinski definition) is 3. The molecule has 1 atom stereocenters. The number of rotatable bonds is 8. The molecule has 1 saturated carbocycles. The Labute approximate surface area is 178 Å². The van der Waals surface area contributed by atoms with E-state index in [1.165, 1.54) is 6.42 Å². The lowest BCUT2D eigenvalue weighted by Gasteiger charge is -2.41. The van der Waals surface area contributed by atoms with Crippen molar-refractivity contribution in [3.63, 3.8) is 0 Å². The van der Waals surface area contributed by atoms with E-state index >= 15 is 0 Å². The quantitative estimate of drug-likeness (QED) is 0.587. The summed E-state index contributed by atoms with van der Waals surface area (Å²) in [5.74, 6) is 0.459. The SMILES string of the molecule is C=C(/C=C(\C=C\C)CCN(C)C(=O)C(C1CCCCC1)N1CCNCC1)C(F)(F)F. The number of nitrogens with one attached hydrogen (secondary N) is 1. The van der Waals surface area contributed by atoms with Crippen LogP contribution in [0.4, 0.5) is 13.2 Å². The molecule has 2 rings (SSSR count). The fourth-order valence-electron chi connectivity index (χ4n) is 4.42. The molecular weight excluding hydrogens is 391 g/mol. The Balaban J connectivity index is 2.07. The summed E-state index contributed by atoms with van der Waals surface area (Å²) in [5, 5.41) is 3.34. The van der Waals surface area contributed by atoms with Gasteiger partial charge >= 0.3 is 6.18 Å². The number of carbonyl (C=O) groups excluding carboxylic acids is 1. The van der Waals surface area contributed by atoms with Gasteiger partial charge < -0.3 is 10.2 Å². The summed E-state index contributed by atoms with van der Waals surface area (Å²) in [6, 6.07) is -0.128. The predicted octanol–water partition coefficient (Wildman–Crippen LogP) is 4.31. The first kappa shape index (κ1) is 24.7. The molecule has 7 heteroatoms. The topological polar surface area (TPSA) is 35.6 Å². The van der Waals surface area contributed by atoms with E-state index in [4.69, 9.17) is 0 Å². The Hall–Kier alpha value is -1.60. The van der Waals surface area contributed by atoms with Gasteiger partial charge in [-0.25, -0.2) is 0 Å². The van der Waals surface area contributed by atoms with Gasteiger partial charge in [0.15, 0.2) is 0 Å². The fraction of sp³-hybridized carbons (Fsp3) is 0.696. The normalized spacial score (nSPS) is 21.0. The maximum atomic E-state index is 13.4. The van der Waals surface area contributed by atoms with Crippen LogP contribution in [0, 0.1) is 5.92 Å². The highest BCUT2D eigenvalue weighted by molar-refractivity contribution is 5.82. The molecular formula is C23H36F3N3O. The second-order valence-electron chi connectivity index (χ2n) is 8.38. The summed E-state index contributed by atoms with van der Waals surface area (Å²) >= 11 is 0. The molecule has 4 nitrogen and oxygen atoms in total. The van der Waals surface area contributed by atoms with E-state index < -0.39 is 11.7 Å². The van der Waals surface area contributed by atoms with Crippen LogP contribution in [-0.2, 0) is 4.79 Å². The molecule has 1 amide bonds. The summed E-state index contributed by atoms with van der Waals surface area (Å²) in [6.07, 6.45) is 6.07. The van der Waals surface area contributed by atoms with Crippen molar-refractivity contribution in [3.05, 3.63) is 36.0 Å². The van der Waals surface area contributed by atoms with Gasteiger partial charge in [-0.2, -0.15) is 13.2 Å². The number of carbonyl (C=O) groups is 1. The monoisotopic (exact) mass is 427 g/mol. The molecule has 2 fully saturated rings. The Morgan fingerprint density at radius 2 is 1.87 bits per heavy atom. The molecule has 1 aliphatic carbocycles. The van der Waals surface area contributed by atoms with E-state index in [1.807, 2.05) is 0 Å². The number of likely N-dealkylation sites (N-methyl/N-ethyl adjacent to an activating group) is 1. The maximum Gasteiger partial charge on any atom is 0.415 e. The van der Waals surface area contributed by atoms with Crippen molar-refractivity contribution in [1.29, 1.82) is 0 Å². The van der Waals surface area contributed by atoms with Crippen molar-refractivity contribution in [1.82, 2.24) is 15.1 Å². The third-order valence-corrected chi connectivity index (χ3v) is 6.11. The molecule has 0 spiro atoms. The molecule has 1 heterocycles. The zero-order chi connectivity index (χ0) is 22.1. The largest absolute Gasteiger partial charge is 0.415 e. The zero-order valence-corrected chi connectivity index (χ0v) is 18.3. The molecule has 0 radical (unpaired) electrons. The van der Waals surface area contributed by atoms with Crippen molar-refractivity contribution in [2.24, 2.45) is 5.92 Å². The molecule has 0 aromatic rings. The smallest absolute Gasteiger partial charge is 0.344 e. The highest BCUT2D eigenvalue weighted by atomic mass is 19.4. The average Bonchev–Trinajstić information content (AvgIpc) is 2.73. The summed E-state index contributed by atoms with van der Waals surface area (Å²) in [7, 11) is 1.77. The van der Waals surface area contributed by atoms with Crippen molar-refractivity contribution in [2.45, 2.75) is 57.7 Å². The Morgan fingerprint density at radius 3 is 2.43 bits per heavy atom. The number of allylic oxidation sites excluding steroid dienone is 4. The van der Waals surface area contributed by atoms with Gasteiger partial charge in [0, 0.05) is 45.3 Å². The summed E-state index contributed by atoms with van der Waals surface area (Å²) in [4.78, 5) is 17.4. The van der Waals surface area contributed by atoms with Gasteiger partial charge in [0.05, 0.1) is 6.04 Å². The first-order chi connectivity index (χ1) is 14.2. The van der Waals surface area contributed by atoms with Crippen LogP contribution in [-0.4, -0.2) is 67.7 Å². The van der Waals surface area contributed by atoms with E-state index in [1.54, 1.807) is 31.0 Å². The van der Waals surface area contributed by atoms with Gasteiger partial charge in [0.2, 0.25) is 5.91 Å². The van der Waals surface area contributed by atoms with E-state index in [9.17, 15) is 18.0 Å². The first-order valence-electron chi connectivity index (χ1n) is 11.0. The standard InChI is InChI=1S/C23H36F3N3O/c1-4-8-19(17-18(2)23(24,25)26)11-14-28(3)22(30)21(20-9-6-5-7-10-20)29-15-12-27-13-16-29/h4,8,17,20-21,27H,2,5-7,9-16H2,1,3H3/b8-4+,19-17+. The first-order valence-corrected chi connectivity index (χ1v) is 11.0. The van der Waals surface area contributed by atoms with Crippen LogP contribution in [0.25, 0.3) is 0 Å². The Morgan fingerprint density at radius 1 is 1.23 bits per heavy atom. The minimum atomic E-state index is -4.44. The fourth-order valence-corrected chi connectivity index (χ4v) is 4.42. The molecule has 1 aliphatic heterocycles. The van der Waals surface area contributed by atoms with Gasteiger partial charge in [0.1, 0.15) is 0 Å². The third kappa shape index (κ3) is 7.27. The van der Waals surface area contributed by atoms with Crippen molar-refractivity contribution < 1.29 is 18.0 Å². The Kier molecular flexibility index (Phi) is 9.62. The van der Waals surface area contributed by atoms with Gasteiger partial charge in [0.25, 0.3) is 0 Å². The van der Waals surface area contributed by atoms with Crippen molar-refractivity contribution in [2.75, 3.05) is 39.8 Å². The number of nitrogens with zero attached hydrogens (tertiary/aromatic N) is 2. The minimum absolute atomic E-state index is 0.0956. The number of halogens is 3. The Bertz CT molecular complexity index is 612. The lowest BCUT2D eigenvalue weighted by atomic mass is 9.82. The zero-order valence-electron chi connectivity index (χ0n) is 18.3. The van der Waals surface area contributed by atoms with Crippen LogP contribution in [0.5, 0.6) is 0 Å². The minimum Gasteiger partial charge on any atom is -0.344 e. The second-order valence-corrected chi connectivity index (χ2v) is 8.38. The third-order valence-electron chi connectivity index (χ3n) is 6.11. The number of amides is 1.